The van der Waals surface area contributed by atoms with Crippen molar-refractivity contribution in [2.75, 3.05) is 13.7 Å². The van der Waals surface area contributed by atoms with Crippen LogP contribution in [0.3, 0.4) is 0 Å². The van der Waals surface area contributed by atoms with Gasteiger partial charge in [0.15, 0.2) is 11.5 Å². The molecule has 0 bridgehead atoms. The third kappa shape index (κ3) is 3.83. The van der Waals surface area contributed by atoms with Crippen LogP contribution in [0, 0.1) is 14.9 Å². The molecule has 0 aliphatic rings. The molecule has 0 saturated carbocycles. The highest BCUT2D eigenvalue weighted by atomic mass is 127. The normalized spacial score (nSPS) is 11.4. The number of benzene rings is 2. The van der Waals surface area contributed by atoms with E-state index in [0.29, 0.717) is 30.2 Å². The highest BCUT2D eigenvalue weighted by molar-refractivity contribution is 14.1. The molecule has 0 fully saturated rings. The SMILES string of the molecule is CCOc1cc(/C=C(/C#N)Cn2cnc3ccccc32)cc(I)c1OC. The third-order valence-electron chi connectivity index (χ3n) is 3.89. The standard InChI is InChI=1S/C20H18IN3O2/c1-3-26-19-10-14(9-16(21)20(19)25-2)8-15(11-22)12-24-13-23-17-6-4-5-7-18(17)24/h4-10,13H,3,12H2,1-2H3/b15-8-. The summed E-state index contributed by atoms with van der Waals surface area (Å²) in [6, 6.07) is 14.0. The molecule has 6 heteroatoms. The van der Waals surface area contributed by atoms with Gasteiger partial charge in [0.05, 0.1) is 47.3 Å². The van der Waals surface area contributed by atoms with Crippen LogP contribution in [0.1, 0.15) is 12.5 Å². The first-order valence-corrected chi connectivity index (χ1v) is 9.25. The molecular weight excluding hydrogens is 441 g/mol. The zero-order valence-electron chi connectivity index (χ0n) is 14.6. The van der Waals surface area contributed by atoms with Crippen LogP contribution in [0.15, 0.2) is 48.3 Å². The number of nitrogens with zero attached hydrogens (tertiary/aromatic N) is 3. The van der Waals surface area contributed by atoms with Crippen molar-refractivity contribution in [2.45, 2.75) is 13.5 Å². The molecule has 0 aliphatic heterocycles. The van der Waals surface area contributed by atoms with E-state index in [-0.39, 0.29) is 0 Å². The van der Waals surface area contributed by atoms with Gasteiger partial charge in [-0.3, -0.25) is 0 Å². The molecule has 2 aromatic carbocycles. The smallest absolute Gasteiger partial charge is 0.174 e. The summed E-state index contributed by atoms with van der Waals surface area (Å²) < 4.78 is 14.0. The van der Waals surface area contributed by atoms with Crippen molar-refractivity contribution in [2.24, 2.45) is 0 Å². The van der Waals surface area contributed by atoms with Gasteiger partial charge in [0, 0.05) is 5.57 Å². The quantitative estimate of drug-likeness (QED) is 0.398. The number of rotatable bonds is 6. The number of halogens is 1. The molecule has 132 valence electrons. The summed E-state index contributed by atoms with van der Waals surface area (Å²) in [5, 5.41) is 9.59. The van der Waals surface area contributed by atoms with Crippen LogP contribution in [0.5, 0.6) is 11.5 Å². The third-order valence-corrected chi connectivity index (χ3v) is 4.69. The number of methoxy groups -OCH3 is 1. The molecule has 0 unspecified atom stereocenters. The van der Waals surface area contributed by atoms with Gasteiger partial charge in [-0.25, -0.2) is 4.98 Å². The summed E-state index contributed by atoms with van der Waals surface area (Å²) in [7, 11) is 1.63. The first-order chi connectivity index (χ1) is 12.7. The van der Waals surface area contributed by atoms with E-state index in [0.717, 1.165) is 20.2 Å². The van der Waals surface area contributed by atoms with Crippen molar-refractivity contribution >= 4 is 39.7 Å². The molecule has 0 N–H and O–H groups in total. The van der Waals surface area contributed by atoms with Crippen LogP contribution in [0.2, 0.25) is 0 Å². The Kier molecular flexibility index (Phi) is 5.78. The predicted octanol–water partition coefficient (Wildman–Crippen LogP) is 4.66. The van der Waals surface area contributed by atoms with E-state index in [1.165, 1.54) is 0 Å². The molecule has 0 spiro atoms. The number of ether oxygens (including phenoxy) is 2. The number of aromatic nitrogens is 2. The maximum atomic E-state index is 9.59. The van der Waals surface area contributed by atoms with Crippen LogP contribution in [-0.2, 0) is 6.54 Å². The summed E-state index contributed by atoms with van der Waals surface area (Å²) in [5.74, 6) is 1.39. The molecule has 0 atom stereocenters. The van der Waals surface area contributed by atoms with Crippen molar-refractivity contribution < 1.29 is 9.47 Å². The first kappa shape index (κ1) is 18.3. The molecule has 0 radical (unpaired) electrons. The highest BCUT2D eigenvalue weighted by Crippen LogP contribution is 2.34. The number of allylic oxidation sites excluding steroid dienone is 1. The molecule has 3 aromatic rings. The first-order valence-electron chi connectivity index (χ1n) is 8.17. The van der Waals surface area contributed by atoms with Crippen molar-refractivity contribution in [1.29, 1.82) is 5.26 Å². The molecule has 0 aliphatic carbocycles. The van der Waals surface area contributed by atoms with E-state index in [1.807, 2.05) is 54.0 Å². The Bertz CT molecular complexity index is 1000. The molecule has 0 saturated heterocycles. The summed E-state index contributed by atoms with van der Waals surface area (Å²) in [6.45, 7) is 2.94. The molecule has 1 aromatic heterocycles. The largest absolute Gasteiger partial charge is 0.492 e. The van der Waals surface area contributed by atoms with Crippen molar-refractivity contribution in [1.82, 2.24) is 9.55 Å². The van der Waals surface area contributed by atoms with E-state index in [9.17, 15) is 5.26 Å². The highest BCUT2D eigenvalue weighted by Gasteiger charge is 2.11. The monoisotopic (exact) mass is 459 g/mol. The van der Waals surface area contributed by atoms with E-state index < -0.39 is 0 Å². The van der Waals surface area contributed by atoms with Crippen LogP contribution in [0.4, 0.5) is 0 Å². The Hall–Kier alpha value is -2.53. The van der Waals surface area contributed by atoms with Crippen LogP contribution < -0.4 is 9.47 Å². The van der Waals surface area contributed by atoms with Crippen LogP contribution in [-0.4, -0.2) is 23.3 Å². The maximum Gasteiger partial charge on any atom is 0.174 e. The molecule has 1 heterocycles. The van der Waals surface area contributed by atoms with Gasteiger partial charge in [0.25, 0.3) is 0 Å². The lowest BCUT2D eigenvalue weighted by Gasteiger charge is -2.12. The fourth-order valence-corrected chi connectivity index (χ4v) is 3.61. The lowest BCUT2D eigenvalue weighted by atomic mass is 10.1. The molecular formula is C20H18IN3O2. The van der Waals surface area contributed by atoms with Gasteiger partial charge in [0.1, 0.15) is 0 Å². The van der Waals surface area contributed by atoms with Gasteiger partial charge in [0.2, 0.25) is 0 Å². The Morgan fingerprint density at radius 2 is 2.15 bits per heavy atom. The van der Waals surface area contributed by atoms with E-state index in [1.54, 1.807) is 13.4 Å². The van der Waals surface area contributed by atoms with Gasteiger partial charge in [-0.05, 0) is 65.4 Å². The summed E-state index contributed by atoms with van der Waals surface area (Å²) in [4.78, 5) is 4.38. The van der Waals surface area contributed by atoms with Crippen LogP contribution >= 0.6 is 22.6 Å². The zero-order chi connectivity index (χ0) is 18.5. The summed E-state index contributed by atoms with van der Waals surface area (Å²) in [5.41, 5.74) is 3.46. The minimum absolute atomic E-state index is 0.462. The number of nitriles is 1. The fraction of sp³-hybridized carbons (Fsp3) is 0.200. The Morgan fingerprint density at radius 3 is 2.88 bits per heavy atom. The van der Waals surface area contributed by atoms with E-state index in [4.69, 9.17) is 9.47 Å². The lowest BCUT2D eigenvalue weighted by Crippen LogP contribution is -2.00. The molecule has 5 nitrogen and oxygen atoms in total. The molecule has 3 rings (SSSR count). The number of para-hydroxylation sites is 2. The number of fused-ring (bicyclic) bond motifs is 1. The minimum Gasteiger partial charge on any atom is -0.492 e. The van der Waals surface area contributed by atoms with Crippen molar-refractivity contribution in [3.8, 4) is 17.6 Å². The second-order valence-corrected chi connectivity index (χ2v) is 6.77. The average Bonchev–Trinajstić information content (AvgIpc) is 3.04. The lowest BCUT2D eigenvalue weighted by molar-refractivity contribution is 0.309. The number of imidazole rings is 1. The zero-order valence-corrected chi connectivity index (χ0v) is 16.7. The average molecular weight is 459 g/mol. The second-order valence-electron chi connectivity index (χ2n) is 5.61. The fourth-order valence-electron chi connectivity index (χ4n) is 2.77. The van der Waals surface area contributed by atoms with Gasteiger partial charge < -0.3 is 14.0 Å². The predicted molar refractivity (Wildman–Crippen MR) is 110 cm³/mol. The number of hydrogen-bond donors (Lipinski definition) is 0. The summed E-state index contributed by atoms with van der Waals surface area (Å²) in [6.07, 6.45) is 3.64. The maximum absolute atomic E-state index is 9.59. The van der Waals surface area contributed by atoms with E-state index >= 15 is 0 Å². The Labute approximate surface area is 166 Å². The topological polar surface area (TPSA) is 60.1 Å². The van der Waals surface area contributed by atoms with Gasteiger partial charge >= 0.3 is 0 Å². The van der Waals surface area contributed by atoms with Gasteiger partial charge in [-0.1, -0.05) is 12.1 Å². The number of hydrogen-bond acceptors (Lipinski definition) is 4. The van der Waals surface area contributed by atoms with Crippen molar-refractivity contribution in [3.05, 3.63) is 57.4 Å². The second kappa shape index (κ2) is 8.23. The van der Waals surface area contributed by atoms with Gasteiger partial charge in [-0.15, -0.1) is 0 Å². The minimum atomic E-state index is 0.462. The molecule has 0 amide bonds. The summed E-state index contributed by atoms with van der Waals surface area (Å²) >= 11 is 2.21. The Morgan fingerprint density at radius 1 is 1.35 bits per heavy atom. The van der Waals surface area contributed by atoms with Gasteiger partial charge in [-0.2, -0.15) is 5.26 Å². The molecule has 26 heavy (non-hydrogen) atoms. The van der Waals surface area contributed by atoms with Crippen molar-refractivity contribution in [3.63, 3.8) is 0 Å². The van der Waals surface area contributed by atoms with Crippen LogP contribution in [0.25, 0.3) is 17.1 Å². The van der Waals surface area contributed by atoms with E-state index in [2.05, 4.69) is 33.6 Å². The Balaban J connectivity index is 1.95.